The molecular weight excluding hydrogens is 376 g/mol. The van der Waals surface area contributed by atoms with Gasteiger partial charge in [-0.15, -0.1) is 0 Å². The predicted octanol–water partition coefficient (Wildman–Crippen LogP) is 2.42. The summed E-state index contributed by atoms with van der Waals surface area (Å²) >= 11 is 0. The Morgan fingerprint density at radius 2 is 1.55 bits per heavy atom. The Bertz CT molecular complexity index is 927. The summed E-state index contributed by atoms with van der Waals surface area (Å²) in [5, 5.41) is 3.19. The van der Waals surface area contributed by atoms with Crippen LogP contribution >= 0.6 is 0 Å². The molecule has 1 unspecified atom stereocenters. The van der Waals surface area contributed by atoms with E-state index in [-0.39, 0.29) is 11.9 Å². The average Bonchev–Trinajstić information content (AvgIpc) is 3.27. The maximum Gasteiger partial charge on any atom is 0.337 e. The van der Waals surface area contributed by atoms with E-state index < -0.39 is 5.97 Å². The van der Waals surface area contributed by atoms with E-state index in [2.05, 4.69) is 10.3 Å². The second kappa shape index (κ2) is 8.74. The lowest BCUT2D eigenvalue weighted by molar-refractivity contribution is 0.0600. The molecule has 152 valence electrons. The van der Waals surface area contributed by atoms with Gasteiger partial charge < -0.3 is 18.9 Å². The Labute approximate surface area is 168 Å². The minimum absolute atomic E-state index is 0.231. The van der Waals surface area contributed by atoms with Gasteiger partial charge >= 0.3 is 5.97 Å². The standard InChI is InChI=1S/C21H22N2O6/c1-26-16-9-14(10-17(27-2)19(16)28-3)18(24)15-11-22-20(23-15)12-5-7-13(8-6-12)21(25)29-4/h5-10,20,22H,11H2,1-4H3. The van der Waals surface area contributed by atoms with Crippen LogP contribution in [-0.2, 0) is 4.74 Å². The number of ether oxygens (including phenoxy) is 4. The van der Waals surface area contributed by atoms with Gasteiger partial charge in [-0.25, -0.2) is 4.79 Å². The summed E-state index contributed by atoms with van der Waals surface area (Å²) in [5.74, 6) is 0.582. The molecule has 1 heterocycles. The summed E-state index contributed by atoms with van der Waals surface area (Å²) in [6, 6.07) is 10.1. The number of rotatable bonds is 7. The molecule has 0 saturated heterocycles. The number of nitrogens with one attached hydrogen (secondary N) is 1. The Morgan fingerprint density at radius 3 is 2.07 bits per heavy atom. The van der Waals surface area contributed by atoms with Crippen molar-refractivity contribution in [3.05, 3.63) is 53.1 Å². The molecule has 1 aliphatic rings. The molecule has 1 N–H and O–H groups in total. The molecule has 3 rings (SSSR count). The van der Waals surface area contributed by atoms with Gasteiger partial charge in [0.25, 0.3) is 0 Å². The largest absolute Gasteiger partial charge is 0.493 e. The van der Waals surface area contributed by atoms with E-state index in [9.17, 15) is 9.59 Å². The number of Topliss-reactive ketones (excluding diaryl/α,β-unsaturated/α-hetero) is 1. The molecule has 0 fully saturated rings. The van der Waals surface area contributed by atoms with Gasteiger partial charge in [-0.05, 0) is 29.8 Å². The third kappa shape index (κ3) is 4.07. The first-order valence-corrected chi connectivity index (χ1v) is 8.85. The van der Waals surface area contributed by atoms with Gasteiger partial charge in [-0.2, -0.15) is 0 Å². The average molecular weight is 398 g/mol. The summed E-state index contributed by atoms with van der Waals surface area (Å²) in [4.78, 5) is 29.0. The van der Waals surface area contributed by atoms with E-state index in [4.69, 9.17) is 18.9 Å². The number of nitrogens with zero attached hydrogens (tertiary/aromatic N) is 1. The van der Waals surface area contributed by atoms with Crippen molar-refractivity contribution < 1.29 is 28.5 Å². The van der Waals surface area contributed by atoms with Crippen LogP contribution in [0.25, 0.3) is 0 Å². The highest BCUT2D eigenvalue weighted by molar-refractivity contribution is 6.47. The van der Waals surface area contributed by atoms with E-state index in [0.29, 0.717) is 40.6 Å². The summed E-state index contributed by atoms with van der Waals surface area (Å²) in [6.07, 6.45) is -0.373. The second-order valence-corrected chi connectivity index (χ2v) is 6.22. The van der Waals surface area contributed by atoms with Crippen LogP contribution in [0.5, 0.6) is 17.2 Å². The van der Waals surface area contributed by atoms with Crippen LogP contribution in [0.4, 0.5) is 0 Å². The zero-order chi connectivity index (χ0) is 21.0. The number of esters is 1. The molecule has 8 nitrogen and oxygen atoms in total. The lowest BCUT2D eigenvalue weighted by Crippen LogP contribution is -2.22. The number of carbonyl (C=O) groups is 2. The molecule has 0 spiro atoms. The number of aliphatic imine (C=N–C) groups is 1. The first kappa shape index (κ1) is 20.3. The summed E-state index contributed by atoms with van der Waals surface area (Å²) < 4.78 is 20.6. The fourth-order valence-electron chi connectivity index (χ4n) is 3.07. The summed E-state index contributed by atoms with van der Waals surface area (Å²) in [7, 11) is 5.82. The Kier molecular flexibility index (Phi) is 6.13. The molecule has 0 aromatic heterocycles. The van der Waals surface area contributed by atoms with E-state index in [1.807, 2.05) is 0 Å². The van der Waals surface area contributed by atoms with E-state index in [0.717, 1.165) is 5.56 Å². The lowest BCUT2D eigenvalue weighted by atomic mass is 10.1. The number of methoxy groups -OCH3 is 4. The van der Waals surface area contributed by atoms with Crippen molar-refractivity contribution in [2.24, 2.45) is 4.99 Å². The third-order valence-electron chi connectivity index (χ3n) is 4.58. The minimum atomic E-state index is -0.405. The molecule has 0 saturated carbocycles. The van der Waals surface area contributed by atoms with E-state index >= 15 is 0 Å². The lowest BCUT2D eigenvalue weighted by Gasteiger charge is -2.13. The molecule has 0 amide bonds. The van der Waals surface area contributed by atoms with Crippen molar-refractivity contribution in [1.29, 1.82) is 0 Å². The first-order chi connectivity index (χ1) is 14.0. The highest BCUT2D eigenvalue weighted by Gasteiger charge is 2.26. The van der Waals surface area contributed by atoms with Crippen LogP contribution in [0, 0.1) is 0 Å². The predicted molar refractivity (Wildman–Crippen MR) is 106 cm³/mol. The van der Waals surface area contributed by atoms with Gasteiger partial charge in [0.05, 0.1) is 39.7 Å². The topological polar surface area (TPSA) is 95.5 Å². The minimum Gasteiger partial charge on any atom is -0.493 e. The van der Waals surface area contributed by atoms with Crippen molar-refractivity contribution in [1.82, 2.24) is 5.32 Å². The van der Waals surface area contributed by atoms with Crippen LogP contribution in [0.15, 0.2) is 41.4 Å². The quantitative estimate of drug-likeness (QED) is 0.565. The SMILES string of the molecule is COC(=O)c1ccc(C2N=C(C(=O)c3cc(OC)c(OC)c(OC)c3)CN2)cc1. The fourth-order valence-corrected chi connectivity index (χ4v) is 3.07. The van der Waals surface area contributed by atoms with Crippen LogP contribution < -0.4 is 19.5 Å². The Balaban J connectivity index is 1.85. The maximum absolute atomic E-state index is 13.0. The number of benzene rings is 2. The third-order valence-corrected chi connectivity index (χ3v) is 4.58. The van der Waals surface area contributed by atoms with Crippen LogP contribution in [0.1, 0.15) is 32.4 Å². The van der Waals surface area contributed by atoms with Gasteiger partial charge in [0.15, 0.2) is 11.5 Å². The van der Waals surface area contributed by atoms with Crippen LogP contribution in [0.3, 0.4) is 0 Å². The number of hydrogen-bond donors (Lipinski definition) is 1. The Morgan fingerprint density at radius 1 is 0.931 bits per heavy atom. The van der Waals surface area contributed by atoms with Gasteiger partial charge in [0.1, 0.15) is 6.17 Å². The number of ketones is 1. The Hall–Kier alpha value is -3.39. The summed E-state index contributed by atoms with van der Waals surface area (Å²) in [5.41, 5.74) is 2.07. The molecule has 1 aliphatic heterocycles. The van der Waals surface area contributed by atoms with Crippen molar-refractivity contribution in [2.45, 2.75) is 6.17 Å². The van der Waals surface area contributed by atoms with Gasteiger partial charge in [-0.1, -0.05) is 12.1 Å². The molecule has 0 radical (unpaired) electrons. The van der Waals surface area contributed by atoms with Crippen molar-refractivity contribution >= 4 is 17.5 Å². The smallest absolute Gasteiger partial charge is 0.337 e. The van der Waals surface area contributed by atoms with Gasteiger partial charge in [0, 0.05) is 12.1 Å². The maximum atomic E-state index is 13.0. The highest BCUT2D eigenvalue weighted by atomic mass is 16.5. The molecule has 29 heavy (non-hydrogen) atoms. The van der Waals surface area contributed by atoms with Gasteiger partial charge in [-0.3, -0.25) is 15.1 Å². The first-order valence-electron chi connectivity index (χ1n) is 8.85. The molecule has 2 aromatic rings. The number of hydrogen-bond acceptors (Lipinski definition) is 8. The number of carbonyl (C=O) groups excluding carboxylic acids is 2. The van der Waals surface area contributed by atoms with Crippen LogP contribution in [0.2, 0.25) is 0 Å². The molecule has 1 atom stereocenters. The monoisotopic (exact) mass is 398 g/mol. The fraction of sp³-hybridized carbons (Fsp3) is 0.286. The normalized spacial score (nSPS) is 15.4. The molecule has 0 bridgehead atoms. The van der Waals surface area contributed by atoms with Gasteiger partial charge in [0.2, 0.25) is 11.5 Å². The summed E-state index contributed by atoms with van der Waals surface area (Å²) in [6.45, 7) is 0.318. The zero-order valence-electron chi connectivity index (χ0n) is 16.6. The molecular formula is C21H22N2O6. The second-order valence-electron chi connectivity index (χ2n) is 6.22. The highest BCUT2D eigenvalue weighted by Crippen LogP contribution is 2.38. The molecule has 2 aromatic carbocycles. The molecule has 8 heteroatoms. The van der Waals surface area contributed by atoms with Crippen molar-refractivity contribution in [2.75, 3.05) is 35.0 Å². The van der Waals surface area contributed by atoms with Crippen molar-refractivity contribution in [3.8, 4) is 17.2 Å². The molecule has 0 aliphatic carbocycles. The van der Waals surface area contributed by atoms with Crippen LogP contribution in [-0.4, -0.2) is 52.4 Å². The van der Waals surface area contributed by atoms with E-state index in [1.54, 1.807) is 36.4 Å². The zero-order valence-corrected chi connectivity index (χ0v) is 16.6. The van der Waals surface area contributed by atoms with E-state index in [1.165, 1.54) is 28.4 Å². The van der Waals surface area contributed by atoms with Crippen molar-refractivity contribution in [3.63, 3.8) is 0 Å².